The Kier molecular flexibility index (Phi) is 3.02. The summed E-state index contributed by atoms with van der Waals surface area (Å²) >= 11 is 0. The summed E-state index contributed by atoms with van der Waals surface area (Å²) in [5.74, 6) is 0.713. The lowest BCUT2D eigenvalue weighted by Gasteiger charge is -2.37. The van der Waals surface area contributed by atoms with Crippen LogP contribution in [0.3, 0.4) is 0 Å². The maximum atomic E-state index is 12.4. The van der Waals surface area contributed by atoms with Crippen molar-refractivity contribution in [3.05, 3.63) is 0 Å². The number of ether oxygens (including phenoxy) is 1. The van der Waals surface area contributed by atoms with Crippen LogP contribution in [0, 0.1) is 11.3 Å². The summed E-state index contributed by atoms with van der Waals surface area (Å²) in [6.07, 6.45) is 8.29. The van der Waals surface area contributed by atoms with Gasteiger partial charge in [-0.25, -0.2) is 0 Å². The van der Waals surface area contributed by atoms with Gasteiger partial charge in [-0.1, -0.05) is 19.3 Å². The van der Waals surface area contributed by atoms with Gasteiger partial charge >= 0.3 is 5.97 Å². The average Bonchev–Trinajstić information content (AvgIpc) is 2.99. The second-order valence-corrected chi connectivity index (χ2v) is 6.49. The first-order chi connectivity index (χ1) is 7.44. The smallest absolute Gasteiger partial charge is 0.312 e. The largest absolute Gasteiger partial charge is 0.460 e. The third kappa shape index (κ3) is 2.41. The molecule has 2 aliphatic carbocycles. The fourth-order valence-electron chi connectivity index (χ4n) is 2.98. The van der Waals surface area contributed by atoms with Crippen LogP contribution >= 0.6 is 0 Å². The molecule has 0 aromatic carbocycles. The van der Waals surface area contributed by atoms with Gasteiger partial charge < -0.3 is 4.74 Å². The van der Waals surface area contributed by atoms with Crippen molar-refractivity contribution in [1.29, 1.82) is 0 Å². The van der Waals surface area contributed by atoms with Crippen molar-refractivity contribution in [3.63, 3.8) is 0 Å². The molecular formula is C14H24O2. The van der Waals surface area contributed by atoms with E-state index in [1.54, 1.807) is 0 Å². The van der Waals surface area contributed by atoms with Crippen molar-refractivity contribution in [1.82, 2.24) is 0 Å². The molecule has 92 valence electrons. The van der Waals surface area contributed by atoms with Crippen LogP contribution in [0.5, 0.6) is 0 Å². The van der Waals surface area contributed by atoms with Gasteiger partial charge in [-0.05, 0) is 52.4 Å². The summed E-state index contributed by atoms with van der Waals surface area (Å²) < 4.78 is 5.64. The predicted octanol–water partition coefficient (Wildman–Crippen LogP) is 3.69. The maximum absolute atomic E-state index is 12.4. The number of hydrogen-bond donors (Lipinski definition) is 0. The standard InChI is InChI=1S/C14H24O2/c1-13(2,3)16-12(15)14(11-7-8-11)9-5-4-6-10-14/h11H,4-10H2,1-3H3. The van der Waals surface area contributed by atoms with Crippen LogP contribution in [0.25, 0.3) is 0 Å². The lowest BCUT2D eigenvalue weighted by molar-refractivity contribution is -0.171. The Morgan fingerprint density at radius 1 is 1.12 bits per heavy atom. The Bertz CT molecular complexity index is 265. The highest BCUT2D eigenvalue weighted by atomic mass is 16.6. The zero-order chi connectivity index (χ0) is 11.8. The molecule has 0 aliphatic heterocycles. The first-order valence-corrected chi connectivity index (χ1v) is 6.67. The molecular weight excluding hydrogens is 200 g/mol. The molecule has 0 N–H and O–H groups in total. The summed E-state index contributed by atoms with van der Waals surface area (Å²) in [6.45, 7) is 5.90. The van der Waals surface area contributed by atoms with Gasteiger partial charge in [0.2, 0.25) is 0 Å². The molecule has 0 bridgehead atoms. The quantitative estimate of drug-likeness (QED) is 0.669. The number of hydrogen-bond acceptors (Lipinski definition) is 2. The van der Waals surface area contributed by atoms with E-state index < -0.39 is 0 Å². The summed E-state index contributed by atoms with van der Waals surface area (Å²) in [5.41, 5.74) is -0.443. The van der Waals surface area contributed by atoms with Crippen molar-refractivity contribution in [2.75, 3.05) is 0 Å². The van der Waals surface area contributed by atoms with E-state index in [-0.39, 0.29) is 17.0 Å². The van der Waals surface area contributed by atoms with Crippen LogP contribution in [0.15, 0.2) is 0 Å². The van der Waals surface area contributed by atoms with Gasteiger partial charge in [0.1, 0.15) is 5.60 Å². The van der Waals surface area contributed by atoms with E-state index in [4.69, 9.17) is 4.74 Å². The second kappa shape index (κ2) is 4.05. The summed E-state index contributed by atoms with van der Waals surface area (Å²) in [6, 6.07) is 0. The normalized spacial score (nSPS) is 25.2. The van der Waals surface area contributed by atoms with E-state index in [1.807, 2.05) is 20.8 Å². The molecule has 0 unspecified atom stereocenters. The number of carbonyl (C=O) groups excluding carboxylic acids is 1. The van der Waals surface area contributed by atoms with Crippen molar-refractivity contribution in [2.24, 2.45) is 11.3 Å². The monoisotopic (exact) mass is 224 g/mol. The van der Waals surface area contributed by atoms with Crippen molar-refractivity contribution < 1.29 is 9.53 Å². The highest BCUT2D eigenvalue weighted by Gasteiger charge is 2.52. The van der Waals surface area contributed by atoms with E-state index in [0.717, 1.165) is 12.8 Å². The van der Waals surface area contributed by atoms with Crippen LogP contribution in [-0.2, 0) is 9.53 Å². The first-order valence-electron chi connectivity index (χ1n) is 6.67. The van der Waals surface area contributed by atoms with Gasteiger partial charge in [0.15, 0.2) is 0 Å². The topological polar surface area (TPSA) is 26.3 Å². The molecule has 2 nitrogen and oxygen atoms in total. The van der Waals surface area contributed by atoms with Crippen molar-refractivity contribution >= 4 is 5.97 Å². The Morgan fingerprint density at radius 2 is 1.69 bits per heavy atom. The molecule has 0 aromatic heterocycles. The Balaban J connectivity index is 2.09. The molecule has 2 aliphatic rings. The van der Waals surface area contributed by atoms with Gasteiger partial charge in [0, 0.05) is 0 Å². The summed E-state index contributed by atoms with van der Waals surface area (Å²) in [5, 5.41) is 0. The summed E-state index contributed by atoms with van der Waals surface area (Å²) in [7, 11) is 0. The minimum absolute atomic E-state index is 0.0854. The Morgan fingerprint density at radius 3 is 2.12 bits per heavy atom. The molecule has 0 atom stereocenters. The second-order valence-electron chi connectivity index (χ2n) is 6.49. The van der Waals surface area contributed by atoms with Gasteiger partial charge in [0.25, 0.3) is 0 Å². The number of carbonyl (C=O) groups is 1. The van der Waals surface area contributed by atoms with Crippen LogP contribution in [-0.4, -0.2) is 11.6 Å². The van der Waals surface area contributed by atoms with Crippen LogP contribution < -0.4 is 0 Å². The molecule has 2 saturated carbocycles. The SMILES string of the molecule is CC(C)(C)OC(=O)C1(C2CC2)CCCCC1. The van der Waals surface area contributed by atoms with E-state index in [0.29, 0.717) is 5.92 Å². The predicted molar refractivity (Wildman–Crippen MR) is 64.1 cm³/mol. The van der Waals surface area contributed by atoms with Gasteiger partial charge in [0.05, 0.1) is 5.41 Å². The highest BCUT2D eigenvalue weighted by molar-refractivity contribution is 5.78. The molecule has 2 heteroatoms. The van der Waals surface area contributed by atoms with E-state index in [2.05, 4.69) is 0 Å². The molecule has 0 saturated heterocycles. The Hall–Kier alpha value is -0.530. The van der Waals surface area contributed by atoms with Crippen molar-refractivity contribution in [3.8, 4) is 0 Å². The molecule has 0 radical (unpaired) electrons. The lowest BCUT2D eigenvalue weighted by atomic mass is 9.70. The number of esters is 1. The maximum Gasteiger partial charge on any atom is 0.312 e. The van der Waals surface area contributed by atoms with Crippen LogP contribution in [0.1, 0.15) is 65.7 Å². The fourth-order valence-corrected chi connectivity index (χ4v) is 2.98. The fraction of sp³-hybridized carbons (Fsp3) is 0.929. The van der Waals surface area contributed by atoms with Crippen molar-refractivity contribution in [2.45, 2.75) is 71.3 Å². The van der Waals surface area contributed by atoms with E-state index in [9.17, 15) is 4.79 Å². The molecule has 0 aromatic rings. The highest BCUT2D eigenvalue weighted by Crippen LogP contribution is 2.54. The van der Waals surface area contributed by atoms with Crippen LogP contribution in [0.2, 0.25) is 0 Å². The Labute approximate surface area is 98.7 Å². The minimum Gasteiger partial charge on any atom is -0.460 e. The average molecular weight is 224 g/mol. The third-order valence-corrected chi connectivity index (χ3v) is 3.91. The molecule has 0 spiro atoms. The molecule has 0 amide bonds. The van der Waals surface area contributed by atoms with Gasteiger partial charge in [-0.3, -0.25) is 4.79 Å². The molecule has 2 rings (SSSR count). The van der Waals surface area contributed by atoms with E-state index in [1.165, 1.54) is 32.1 Å². The first kappa shape index (κ1) is 11.9. The molecule has 0 heterocycles. The minimum atomic E-state index is -0.337. The van der Waals surface area contributed by atoms with Gasteiger partial charge in [-0.15, -0.1) is 0 Å². The third-order valence-electron chi connectivity index (χ3n) is 3.91. The zero-order valence-corrected chi connectivity index (χ0v) is 10.8. The van der Waals surface area contributed by atoms with Crippen LogP contribution in [0.4, 0.5) is 0 Å². The van der Waals surface area contributed by atoms with Gasteiger partial charge in [-0.2, -0.15) is 0 Å². The lowest BCUT2D eigenvalue weighted by Crippen LogP contribution is -2.40. The molecule has 2 fully saturated rings. The molecule has 16 heavy (non-hydrogen) atoms. The number of rotatable bonds is 2. The van der Waals surface area contributed by atoms with E-state index >= 15 is 0 Å². The zero-order valence-electron chi connectivity index (χ0n) is 10.8. The summed E-state index contributed by atoms with van der Waals surface area (Å²) in [4.78, 5) is 12.4.